The molecular formula is C22H33N5O2S. The molecule has 30 heavy (non-hydrogen) atoms. The van der Waals surface area contributed by atoms with Crippen LogP contribution in [0.3, 0.4) is 0 Å². The minimum atomic E-state index is -0.0781. The van der Waals surface area contributed by atoms with E-state index in [2.05, 4.69) is 22.0 Å². The van der Waals surface area contributed by atoms with Gasteiger partial charge in [-0.3, -0.25) is 14.2 Å². The van der Waals surface area contributed by atoms with Crippen LogP contribution in [0.5, 0.6) is 0 Å². The Morgan fingerprint density at radius 2 is 1.83 bits per heavy atom. The van der Waals surface area contributed by atoms with Gasteiger partial charge in [0.2, 0.25) is 0 Å². The highest BCUT2D eigenvalue weighted by molar-refractivity contribution is 7.20. The molecular weight excluding hydrogens is 398 g/mol. The van der Waals surface area contributed by atoms with Crippen molar-refractivity contribution in [2.24, 2.45) is 0 Å². The summed E-state index contributed by atoms with van der Waals surface area (Å²) in [6.07, 6.45) is 5.09. The molecule has 4 rings (SSSR count). The van der Waals surface area contributed by atoms with E-state index < -0.39 is 0 Å². The molecule has 164 valence electrons. The van der Waals surface area contributed by atoms with Crippen LogP contribution in [-0.2, 0) is 13.0 Å². The number of hydrogen-bond donors (Lipinski definition) is 1. The van der Waals surface area contributed by atoms with Gasteiger partial charge >= 0.3 is 0 Å². The first-order chi connectivity index (χ1) is 14.6. The second kappa shape index (κ2) is 9.58. The molecule has 2 aromatic rings. The number of fused-ring (bicyclic) bond motifs is 2. The van der Waals surface area contributed by atoms with E-state index in [0.717, 1.165) is 76.3 Å². The summed E-state index contributed by atoms with van der Waals surface area (Å²) in [5, 5.41) is 3.68. The standard InChI is InChI=1S/C22H33N5O2S/c1-3-9-25-12-14-26(15-13-25)10-6-8-23-20(28)19-16(2)18-21(30-19)24-17-7-4-5-11-27(17)22(18)29/h3-15H2,1-2H3,(H,23,28). The van der Waals surface area contributed by atoms with Crippen molar-refractivity contribution in [3.05, 3.63) is 26.6 Å². The number of hydrogen-bond acceptors (Lipinski definition) is 6. The van der Waals surface area contributed by atoms with Crippen LogP contribution >= 0.6 is 11.3 Å². The Morgan fingerprint density at radius 1 is 1.10 bits per heavy atom. The molecule has 0 spiro atoms. The quantitative estimate of drug-likeness (QED) is 0.681. The molecule has 7 nitrogen and oxygen atoms in total. The molecule has 4 heterocycles. The second-order valence-electron chi connectivity index (χ2n) is 8.47. The minimum Gasteiger partial charge on any atom is -0.351 e. The SMILES string of the molecule is CCCN1CCN(CCCNC(=O)c2sc3nc4n(c(=O)c3c2C)CCCC4)CC1. The molecule has 1 N–H and O–H groups in total. The van der Waals surface area contributed by atoms with Gasteiger partial charge in [-0.1, -0.05) is 6.92 Å². The number of thiophene rings is 1. The zero-order chi connectivity index (χ0) is 21.1. The van der Waals surface area contributed by atoms with Gasteiger partial charge in [0.1, 0.15) is 10.7 Å². The van der Waals surface area contributed by atoms with Crippen LogP contribution in [-0.4, -0.2) is 71.1 Å². The van der Waals surface area contributed by atoms with Crippen molar-refractivity contribution in [2.45, 2.75) is 52.5 Å². The average Bonchev–Trinajstić information content (AvgIpc) is 3.09. The number of nitrogens with zero attached hydrogens (tertiary/aromatic N) is 4. The normalized spacial score (nSPS) is 17.9. The van der Waals surface area contributed by atoms with Gasteiger partial charge in [0.15, 0.2) is 0 Å². The smallest absolute Gasteiger partial charge is 0.262 e. The van der Waals surface area contributed by atoms with Gasteiger partial charge in [-0.25, -0.2) is 4.98 Å². The maximum absolute atomic E-state index is 12.9. The van der Waals surface area contributed by atoms with Crippen molar-refractivity contribution < 1.29 is 4.79 Å². The van der Waals surface area contributed by atoms with E-state index in [9.17, 15) is 9.59 Å². The monoisotopic (exact) mass is 431 g/mol. The van der Waals surface area contributed by atoms with Crippen molar-refractivity contribution in [3.8, 4) is 0 Å². The van der Waals surface area contributed by atoms with Crippen LogP contribution in [0, 0.1) is 6.92 Å². The fourth-order valence-corrected chi connectivity index (χ4v) is 5.69. The lowest BCUT2D eigenvalue weighted by Crippen LogP contribution is -2.47. The number of rotatable bonds is 7. The molecule has 1 saturated heterocycles. The van der Waals surface area contributed by atoms with Crippen molar-refractivity contribution in [1.29, 1.82) is 0 Å². The molecule has 2 aliphatic rings. The van der Waals surface area contributed by atoms with E-state index in [1.807, 2.05) is 6.92 Å². The Bertz CT molecular complexity index is 959. The van der Waals surface area contributed by atoms with E-state index in [1.54, 1.807) is 4.57 Å². The maximum atomic E-state index is 12.9. The van der Waals surface area contributed by atoms with Crippen LogP contribution < -0.4 is 10.9 Å². The predicted molar refractivity (Wildman–Crippen MR) is 122 cm³/mol. The molecule has 8 heteroatoms. The van der Waals surface area contributed by atoms with Gasteiger partial charge in [-0.05, 0) is 51.3 Å². The summed E-state index contributed by atoms with van der Waals surface area (Å²) in [6.45, 7) is 12.2. The molecule has 0 unspecified atom stereocenters. The fraction of sp³-hybridized carbons (Fsp3) is 0.682. The second-order valence-corrected chi connectivity index (χ2v) is 9.47. The first-order valence-corrected chi connectivity index (χ1v) is 12.2. The number of amides is 1. The molecule has 0 saturated carbocycles. The first kappa shape index (κ1) is 21.5. The summed E-state index contributed by atoms with van der Waals surface area (Å²) in [5.74, 6) is 0.789. The Labute approximate surface area is 182 Å². The number of aromatic nitrogens is 2. The summed E-state index contributed by atoms with van der Waals surface area (Å²) >= 11 is 1.36. The third kappa shape index (κ3) is 4.45. The minimum absolute atomic E-state index is 0.0183. The molecule has 0 atom stereocenters. The highest BCUT2D eigenvalue weighted by Gasteiger charge is 2.22. The van der Waals surface area contributed by atoms with Crippen molar-refractivity contribution in [1.82, 2.24) is 24.7 Å². The van der Waals surface area contributed by atoms with E-state index in [4.69, 9.17) is 4.98 Å². The zero-order valence-corrected chi connectivity index (χ0v) is 19.0. The Hall–Kier alpha value is -1.77. The summed E-state index contributed by atoms with van der Waals surface area (Å²) < 4.78 is 1.80. The summed E-state index contributed by atoms with van der Waals surface area (Å²) in [5.41, 5.74) is 0.794. The van der Waals surface area contributed by atoms with Crippen LogP contribution in [0.2, 0.25) is 0 Å². The molecule has 2 aliphatic heterocycles. The van der Waals surface area contributed by atoms with E-state index >= 15 is 0 Å². The maximum Gasteiger partial charge on any atom is 0.262 e. The highest BCUT2D eigenvalue weighted by atomic mass is 32.1. The molecule has 0 radical (unpaired) electrons. The number of carbonyl (C=O) groups is 1. The lowest BCUT2D eigenvalue weighted by Gasteiger charge is -2.34. The van der Waals surface area contributed by atoms with E-state index in [0.29, 0.717) is 21.6 Å². The predicted octanol–water partition coefficient (Wildman–Crippen LogP) is 2.25. The Kier molecular flexibility index (Phi) is 6.85. The lowest BCUT2D eigenvalue weighted by molar-refractivity contribution is 0.0951. The highest BCUT2D eigenvalue weighted by Crippen LogP contribution is 2.28. The van der Waals surface area contributed by atoms with E-state index in [-0.39, 0.29) is 11.5 Å². The van der Waals surface area contributed by atoms with E-state index in [1.165, 1.54) is 24.3 Å². The average molecular weight is 432 g/mol. The molecule has 0 aromatic carbocycles. The van der Waals surface area contributed by atoms with Gasteiger partial charge < -0.3 is 15.1 Å². The molecule has 2 aromatic heterocycles. The largest absolute Gasteiger partial charge is 0.351 e. The number of aryl methyl sites for hydroxylation is 2. The van der Waals surface area contributed by atoms with Crippen molar-refractivity contribution >= 4 is 27.5 Å². The van der Waals surface area contributed by atoms with Gasteiger partial charge in [0.05, 0.1) is 10.3 Å². The van der Waals surface area contributed by atoms with Crippen LogP contribution in [0.15, 0.2) is 4.79 Å². The summed E-state index contributed by atoms with van der Waals surface area (Å²) in [4.78, 5) is 36.8. The molecule has 0 aliphatic carbocycles. The Morgan fingerprint density at radius 3 is 2.57 bits per heavy atom. The van der Waals surface area contributed by atoms with Gasteiger partial charge in [-0.15, -0.1) is 11.3 Å². The third-order valence-electron chi connectivity index (χ3n) is 6.31. The number of carbonyl (C=O) groups excluding carboxylic acids is 1. The van der Waals surface area contributed by atoms with Gasteiger partial charge in [0, 0.05) is 45.7 Å². The third-order valence-corrected chi connectivity index (χ3v) is 7.49. The lowest BCUT2D eigenvalue weighted by atomic mass is 10.1. The molecule has 1 fully saturated rings. The number of piperazine rings is 1. The van der Waals surface area contributed by atoms with Crippen LogP contribution in [0.4, 0.5) is 0 Å². The van der Waals surface area contributed by atoms with Crippen LogP contribution in [0.1, 0.15) is 53.7 Å². The van der Waals surface area contributed by atoms with Crippen molar-refractivity contribution in [2.75, 3.05) is 45.8 Å². The Balaban J connectivity index is 1.33. The van der Waals surface area contributed by atoms with Crippen molar-refractivity contribution in [3.63, 3.8) is 0 Å². The summed E-state index contributed by atoms with van der Waals surface area (Å²) in [7, 11) is 0. The van der Waals surface area contributed by atoms with Gasteiger partial charge in [0.25, 0.3) is 11.5 Å². The first-order valence-electron chi connectivity index (χ1n) is 11.3. The van der Waals surface area contributed by atoms with Gasteiger partial charge in [-0.2, -0.15) is 0 Å². The summed E-state index contributed by atoms with van der Waals surface area (Å²) in [6, 6.07) is 0. The number of nitrogens with one attached hydrogen (secondary N) is 1. The van der Waals surface area contributed by atoms with Crippen LogP contribution in [0.25, 0.3) is 10.2 Å². The topological polar surface area (TPSA) is 70.5 Å². The molecule has 0 bridgehead atoms. The fourth-order valence-electron chi connectivity index (χ4n) is 4.59. The zero-order valence-electron chi connectivity index (χ0n) is 18.2. The molecule has 1 amide bonds.